The summed E-state index contributed by atoms with van der Waals surface area (Å²) in [7, 11) is 0. The van der Waals surface area contributed by atoms with Crippen molar-refractivity contribution >= 4 is 11.6 Å². The zero-order chi connectivity index (χ0) is 16.4. The second-order valence-electron chi connectivity index (χ2n) is 4.98. The van der Waals surface area contributed by atoms with Crippen molar-refractivity contribution in [1.82, 2.24) is 4.98 Å². The third kappa shape index (κ3) is 3.37. The summed E-state index contributed by atoms with van der Waals surface area (Å²) in [4.78, 5) is 4.36. The molecule has 0 spiro atoms. The van der Waals surface area contributed by atoms with Crippen molar-refractivity contribution < 1.29 is 13.2 Å². The van der Waals surface area contributed by atoms with Gasteiger partial charge in [-0.05, 0) is 35.9 Å². The van der Waals surface area contributed by atoms with Crippen LogP contribution in [0.1, 0.15) is 5.56 Å². The molecule has 0 unspecified atom stereocenters. The molecule has 3 aromatic rings. The Morgan fingerprint density at radius 3 is 2.00 bits per heavy atom. The minimum absolute atomic E-state index is 0.612. The van der Waals surface area contributed by atoms with Gasteiger partial charge in [0.15, 0.2) is 0 Å². The molecule has 116 valence electrons. The molecule has 0 saturated carbocycles. The molecule has 5 heteroatoms. The molecule has 23 heavy (non-hydrogen) atoms. The van der Waals surface area contributed by atoms with Gasteiger partial charge in [0.1, 0.15) is 0 Å². The first-order chi connectivity index (χ1) is 10.9. The summed E-state index contributed by atoms with van der Waals surface area (Å²) in [6, 6.07) is 15.8. The lowest BCUT2D eigenvalue weighted by Gasteiger charge is -2.11. The van der Waals surface area contributed by atoms with E-state index in [1.807, 2.05) is 18.2 Å². The predicted molar refractivity (Wildman–Crippen MR) is 85.1 cm³/mol. The standard InChI is InChI=1S/C18H11ClF3N/c19-15-9-5-13(6-10-15)17-16(2-1-11-23-17)12-3-7-14(8-4-12)18(20,21)22/h1-11H. The summed E-state index contributed by atoms with van der Waals surface area (Å²) in [6.45, 7) is 0. The molecule has 0 aliphatic carbocycles. The van der Waals surface area contributed by atoms with E-state index in [9.17, 15) is 13.2 Å². The number of benzene rings is 2. The minimum atomic E-state index is -4.34. The number of pyridine rings is 1. The topological polar surface area (TPSA) is 12.9 Å². The Balaban J connectivity index is 2.05. The van der Waals surface area contributed by atoms with Crippen molar-refractivity contribution in [3.63, 3.8) is 0 Å². The number of nitrogens with zero attached hydrogens (tertiary/aromatic N) is 1. The molecular weight excluding hydrogens is 323 g/mol. The fourth-order valence-electron chi connectivity index (χ4n) is 2.31. The SMILES string of the molecule is FC(F)(F)c1ccc(-c2cccnc2-c2ccc(Cl)cc2)cc1. The van der Waals surface area contributed by atoms with Crippen LogP contribution in [0.4, 0.5) is 13.2 Å². The van der Waals surface area contributed by atoms with E-state index in [2.05, 4.69) is 4.98 Å². The highest BCUT2D eigenvalue weighted by Crippen LogP contribution is 2.34. The van der Waals surface area contributed by atoms with Gasteiger partial charge >= 0.3 is 6.18 Å². The van der Waals surface area contributed by atoms with Crippen LogP contribution in [-0.2, 0) is 6.18 Å². The maximum Gasteiger partial charge on any atom is 0.416 e. The Morgan fingerprint density at radius 2 is 1.39 bits per heavy atom. The molecule has 1 aromatic heterocycles. The molecule has 1 heterocycles. The Morgan fingerprint density at radius 1 is 0.783 bits per heavy atom. The van der Waals surface area contributed by atoms with E-state index in [0.717, 1.165) is 23.3 Å². The van der Waals surface area contributed by atoms with E-state index >= 15 is 0 Å². The average molecular weight is 334 g/mol. The van der Waals surface area contributed by atoms with Crippen molar-refractivity contribution in [1.29, 1.82) is 0 Å². The van der Waals surface area contributed by atoms with Gasteiger partial charge < -0.3 is 0 Å². The number of aromatic nitrogens is 1. The first kappa shape index (κ1) is 15.6. The second kappa shape index (κ2) is 6.05. The van der Waals surface area contributed by atoms with Crippen LogP contribution in [0.2, 0.25) is 5.02 Å². The third-order valence-electron chi connectivity index (χ3n) is 3.45. The highest BCUT2D eigenvalue weighted by molar-refractivity contribution is 6.30. The second-order valence-corrected chi connectivity index (χ2v) is 5.42. The van der Waals surface area contributed by atoms with Gasteiger partial charge in [-0.25, -0.2) is 0 Å². The molecule has 0 aliphatic heterocycles. The molecule has 0 saturated heterocycles. The fraction of sp³-hybridized carbons (Fsp3) is 0.0556. The minimum Gasteiger partial charge on any atom is -0.256 e. The lowest BCUT2D eigenvalue weighted by atomic mass is 9.98. The summed E-state index contributed by atoms with van der Waals surface area (Å²) >= 11 is 5.89. The first-order valence-electron chi connectivity index (χ1n) is 6.84. The van der Waals surface area contributed by atoms with Gasteiger partial charge in [-0.1, -0.05) is 41.9 Å². The lowest BCUT2D eigenvalue weighted by Crippen LogP contribution is -2.04. The fourth-order valence-corrected chi connectivity index (χ4v) is 2.44. The van der Waals surface area contributed by atoms with Crippen molar-refractivity contribution in [2.75, 3.05) is 0 Å². The Labute approximate surface area is 136 Å². The van der Waals surface area contributed by atoms with Gasteiger partial charge in [-0.15, -0.1) is 0 Å². The first-order valence-corrected chi connectivity index (χ1v) is 7.21. The van der Waals surface area contributed by atoms with Crippen molar-refractivity contribution in [3.8, 4) is 22.4 Å². The normalized spacial score (nSPS) is 11.5. The molecule has 2 aromatic carbocycles. The maximum absolute atomic E-state index is 12.7. The van der Waals surface area contributed by atoms with Crippen molar-refractivity contribution in [2.24, 2.45) is 0 Å². The van der Waals surface area contributed by atoms with E-state index in [-0.39, 0.29) is 0 Å². The van der Waals surface area contributed by atoms with Gasteiger partial charge in [0.2, 0.25) is 0 Å². The quantitative estimate of drug-likeness (QED) is 0.553. The van der Waals surface area contributed by atoms with E-state index < -0.39 is 11.7 Å². The van der Waals surface area contributed by atoms with Gasteiger partial charge in [0, 0.05) is 22.3 Å². The monoisotopic (exact) mass is 333 g/mol. The van der Waals surface area contributed by atoms with Crippen LogP contribution in [0.5, 0.6) is 0 Å². The maximum atomic E-state index is 12.7. The third-order valence-corrected chi connectivity index (χ3v) is 3.70. The Kier molecular flexibility index (Phi) is 4.09. The summed E-state index contributed by atoms with van der Waals surface area (Å²) in [5, 5.41) is 0.612. The summed E-state index contributed by atoms with van der Waals surface area (Å²) in [6.07, 6.45) is -2.69. The van der Waals surface area contributed by atoms with Crippen LogP contribution in [0.25, 0.3) is 22.4 Å². The van der Waals surface area contributed by atoms with E-state index in [0.29, 0.717) is 16.3 Å². The zero-order valence-electron chi connectivity index (χ0n) is 11.8. The highest BCUT2D eigenvalue weighted by atomic mass is 35.5. The molecule has 1 nitrogen and oxygen atoms in total. The van der Waals surface area contributed by atoms with E-state index in [4.69, 9.17) is 11.6 Å². The van der Waals surface area contributed by atoms with Crippen LogP contribution in [0.3, 0.4) is 0 Å². The average Bonchev–Trinajstić information content (AvgIpc) is 2.55. The van der Waals surface area contributed by atoms with Crippen LogP contribution in [-0.4, -0.2) is 4.98 Å². The summed E-state index contributed by atoms with van der Waals surface area (Å²) in [5.41, 5.74) is 2.33. The highest BCUT2D eigenvalue weighted by Gasteiger charge is 2.30. The predicted octanol–water partition coefficient (Wildman–Crippen LogP) is 6.09. The molecule has 0 fully saturated rings. The van der Waals surface area contributed by atoms with Gasteiger partial charge in [0.25, 0.3) is 0 Å². The number of alkyl halides is 3. The van der Waals surface area contributed by atoms with Crippen LogP contribution < -0.4 is 0 Å². The van der Waals surface area contributed by atoms with Gasteiger partial charge in [0.05, 0.1) is 11.3 Å². The Bertz CT molecular complexity index is 809. The number of rotatable bonds is 2. The van der Waals surface area contributed by atoms with Crippen LogP contribution >= 0.6 is 11.6 Å². The lowest BCUT2D eigenvalue weighted by molar-refractivity contribution is -0.137. The molecule has 0 radical (unpaired) electrons. The molecule has 3 rings (SSSR count). The molecule has 0 bridgehead atoms. The molecule has 0 aliphatic rings. The largest absolute Gasteiger partial charge is 0.416 e. The van der Waals surface area contributed by atoms with Crippen molar-refractivity contribution in [3.05, 3.63) is 77.4 Å². The van der Waals surface area contributed by atoms with Gasteiger partial charge in [-0.2, -0.15) is 13.2 Å². The zero-order valence-corrected chi connectivity index (χ0v) is 12.6. The molecule has 0 atom stereocenters. The molecule has 0 N–H and O–H groups in total. The summed E-state index contributed by atoms with van der Waals surface area (Å²) < 4.78 is 38.0. The summed E-state index contributed by atoms with van der Waals surface area (Å²) in [5.74, 6) is 0. The molecule has 0 amide bonds. The smallest absolute Gasteiger partial charge is 0.256 e. The van der Waals surface area contributed by atoms with Gasteiger partial charge in [-0.3, -0.25) is 4.98 Å². The van der Waals surface area contributed by atoms with Crippen LogP contribution in [0.15, 0.2) is 66.9 Å². The number of hydrogen-bond donors (Lipinski definition) is 0. The van der Waals surface area contributed by atoms with E-state index in [1.54, 1.807) is 24.4 Å². The van der Waals surface area contributed by atoms with Crippen molar-refractivity contribution in [2.45, 2.75) is 6.18 Å². The van der Waals surface area contributed by atoms with Crippen LogP contribution in [0, 0.1) is 0 Å². The number of halogens is 4. The van der Waals surface area contributed by atoms with E-state index in [1.165, 1.54) is 12.1 Å². The Hall–Kier alpha value is -2.33. The number of hydrogen-bond acceptors (Lipinski definition) is 1. The molecular formula is C18H11ClF3N.